The van der Waals surface area contributed by atoms with Crippen molar-refractivity contribution in [3.63, 3.8) is 0 Å². The average molecular weight is 348 g/mol. The third kappa shape index (κ3) is 6.74. The highest BCUT2D eigenvalue weighted by Gasteiger charge is 2.26. The van der Waals surface area contributed by atoms with E-state index >= 15 is 0 Å². The highest BCUT2D eigenvalue weighted by molar-refractivity contribution is 5.73. The Labute approximate surface area is 149 Å². The number of likely N-dealkylation sites (N-methyl/N-ethyl adjacent to an activating group) is 1. The van der Waals surface area contributed by atoms with E-state index in [0.717, 1.165) is 25.1 Å². The van der Waals surface area contributed by atoms with Crippen molar-refractivity contribution in [2.24, 2.45) is 0 Å². The lowest BCUT2D eigenvalue weighted by Gasteiger charge is -2.24. The first-order valence-corrected chi connectivity index (χ1v) is 8.65. The summed E-state index contributed by atoms with van der Waals surface area (Å²) in [4.78, 5) is 26.6. The Balaban J connectivity index is 1.99. The summed E-state index contributed by atoms with van der Waals surface area (Å²) in [6.45, 7) is 7.08. The van der Waals surface area contributed by atoms with Crippen LogP contribution in [0.1, 0.15) is 45.2 Å². The number of rotatable bonds is 5. The van der Waals surface area contributed by atoms with Gasteiger partial charge in [0.25, 0.3) is 0 Å². The summed E-state index contributed by atoms with van der Waals surface area (Å²) in [6, 6.07) is 8.90. The molecular weight excluding hydrogens is 320 g/mol. The van der Waals surface area contributed by atoms with Gasteiger partial charge < -0.3 is 19.7 Å². The largest absolute Gasteiger partial charge is 0.461 e. The Hall–Kier alpha value is -2.08. The van der Waals surface area contributed by atoms with Gasteiger partial charge >= 0.3 is 12.1 Å². The first-order chi connectivity index (χ1) is 11.7. The maximum atomic E-state index is 12.3. The smallest absolute Gasteiger partial charge is 0.408 e. The number of carbonyl (C=O) groups is 2. The van der Waals surface area contributed by atoms with Gasteiger partial charge in [0.1, 0.15) is 11.7 Å². The molecule has 1 amide bonds. The Morgan fingerprint density at radius 3 is 2.52 bits per heavy atom. The van der Waals surface area contributed by atoms with Crippen LogP contribution in [-0.2, 0) is 14.3 Å². The number of likely N-dealkylation sites (tertiary alicyclic amines) is 1. The van der Waals surface area contributed by atoms with E-state index in [9.17, 15) is 9.59 Å². The van der Waals surface area contributed by atoms with Gasteiger partial charge in [0.15, 0.2) is 0 Å². The van der Waals surface area contributed by atoms with Crippen LogP contribution in [0.5, 0.6) is 0 Å². The van der Waals surface area contributed by atoms with E-state index in [2.05, 4.69) is 10.2 Å². The van der Waals surface area contributed by atoms with Gasteiger partial charge in [-0.05, 0) is 39.8 Å². The highest BCUT2D eigenvalue weighted by atomic mass is 16.6. The molecule has 1 aromatic rings. The second kappa shape index (κ2) is 8.34. The van der Waals surface area contributed by atoms with Gasteiger partial charge in [-0.25, -0.2) is 4.79 Å². The molecule has 0 aromatic heterocycles. The average Bonchev–Trinajstić information content (AvgIpc) is 2.90. The molecule has 1 aromatic carbocycles. The number of benzene rings is 1. The number of nitrogens with zero attached hydrogens (tertiary/aromatic N) is 1. The van der Waals surface area contributed by atoms with Crippen molar-refractivity contribution in [2.45, 2.75) is 51.4 Å². The van der Waals surface area contributed by atoms with Crippen molar-refractivity contribution in [2.75, 3.05) is 20.1 Å². The normalized spacial score (nSPS) is 19.3. The third-order valence-corrected chi connectivity index (χ3v) is 3.91. The van der Waals surface area contributed by atoms with Gasteiger partial charge in [0.05, 0.1) is 12.5 Å². The van der Waals surface area contributed by atoms with Gasteiger partial charge in [-0.3, -0.25) is 4.79 Å². The van der Waals surface area contributed by atoms with Crippen LogP contribution in [0.25, 0.3) is 0 Å². The lowest BCUT2D eigenvalue weighted by atomic mass is 10.0. The van der Waals surface area contributed by atoms with Gasteiger partial charge in [0, 0.05) is 13.1 Å². The zero-order valence-electron chi connectivity index (χ0n) is 15.5. The van der Waals surface area contributed by atoms with Gasteiger partial charge in [-0.1, -0.05) is 30.3 Å². The molecule has 0 aliphatic carbocycles. The number of nitrogens with one attached hydrogen (secondary N) is 1. The second-order valence-electron chi connectivity index (χ2n) is 7.48. The predicted molar refractivity (Wildman–Crippen MR) is 95.2 cm³/mol. The lowest BCUT2D eigenvalue weighted by Crippen LogP contribution is -2.36. The minimum atomic E-state index is -0.597. The first kappa shape index (κ1) is 19.2. The molecule has 2 atom stereocenters. The number of alkyl carbamates (subject to hydrolysis) is 1. The third-order valence-electron chi connectivity index (χ3n) is 3.91. The quantitative estimate of drug-likeness (QED) is 0.829. The molecule has 0 bridgehead atoms. The molecule has 0 radical (unpaired) electrons. The summed E-state index contributed by atoms with van der Waals surface area (Å²) in [6.07, 6.45) is 0.298. The molecule has 1 N–H and O–H groups in total. The van der Waals surface area contributed by atoms with Crippen LogP contribution in [0, 0.1) is 0 Å². The Kier molecular flexibility index (Phi) is 6.42. The minimum Gasteiger partial charge on any atom is -0.461 e. The maximum absolute atomic E-state index is 12.3. The van der Waals surface area contributed by atoms with Crippen LogP contribution in [0.3, 0.4) is 0 Å². The molecular formula is C19H28N2O4. The fraction of sp³-hybridized carbons (Fsp3) is 0.579. The van der Waals surface area contributed by atoms with Crippen molar-refractivity contribution in [1.29, 1.82) is 0 Å². The van der Waals surface area contributed by atoms with Crippen LogP contribution in [0.15, 0.2) is 30.3 Å². The number of amides is 1. The van der Waals surface area contributed by atoms with Crippen molar-refractivity contribution < 1.29 is 19.1 Å². The zero-order valence-corrected chi connectivity index (χ0v) is 15.5. The fourth-order valence-electron chi connectivity index (χ4n) is 2.78. The molecule has 138 valence electrons. The van der Waals surface area contributed by atoms with E-state index in [0.29, 0.717) is 0 Å². The Morgan fingerprint density at radius 1 is 1.28 bits per heavy atom. The van der Waals surface area contributed by atoms with Crippen molar-refractivity contribution in [3.8, 4) is 0 Å². The molecule has 0 saturated carbocycles. The van der Waals surface area contributed by atoms with Crippen LogP contribution in [0.4, 0.5) is 4.79 Å². The minimum absolute atomic E-state index is 0.0729. The predicted octanol–water partition coefficient (Wildman–Crippen LogP) is 2.89. The fourth-order valence-corrected chi connectivity index (χ4v) is 2.78. The summed E-state index contributed by atoms with van der Waals surface area (Å²) in [5.41, 5.74) is 0.245. The summed E-state index contributed by atoms with van der Waals surface area (Å²) in [7, 11) is 2.00. The molecule has 1 saturated heterocycles. The number of ether oxygens (including phenoxy) is 2. The lowest BCUT2D eigenvalue weighted by molar-refractivity contribution is -0.149. The molecule has 1 heterocycles. The number of carbonyl (C=O) groups excluding carboxylic acids is 2. The summed E-state index contributed by atoms with van der Waals surface area (Å²) in [5.74, 6) is -0.315. The molecule has 1 fully saturated rings. The van der Waals surface area contributed by atoms with Gasteiger partial charge in [-0.15, -0.1) is 0 Å². The topological polar surface area (TPSA) is 67.9 Å². The Bertz CT molecular complexity index is 583. The van der Waals surface area contributed by atoms with Gasteiger partial charge in [0.2, 0.25) is 0 Å². The van der Waals surface area contributed by atoms with E-state index in [4.69, 9.17) is 9.47 Å². The Morgan fingerprint density at radius 2 is 1.96 bits per heavy atom. The van der Waals surface area contributed by atoms with Crippen molar-refractivity contribution in [3.05, 3.63) is 35.9 Å². The molecule has 2 rings (SSSR count). The highest BCUT2D eigenvalue weighted by Crippen LogP contribution is 2.20. The SMILES string of the molecule is CN1CC[C@@H](OC(=O)CC(NC(=O)OC(C)(C)C)c2ccccc2)C1. The number of hydrogen-bond acceptors (Lipinski definition) is 5. The molecule has 0 spiro atoms. The zero-order chi connectivity index (χ0) is 18.4. The van der Waals surface area contributed by atoms with Crippen molar-refractivity contribution >= 4 is 12.1 Å². The van der Waals surface area contributed by atoms with Crippen LogP contribution in [-0.4, -0.2) is 48.8 Å². The number of hydrogen-bond donors (Lipinski definition) is 1. The van der Waals surface area contributed by atoms with E-state index in [1.54, 1.807) is 20.8 Å². The first-order valence-electron chi connectivity index (χ1n) is 8.65. The van der Waals surface area contributed by atoms with Gasteiger partial charge in [-0.2, -0.15) is 0 Å². The summed E-state index contributed by atoms with van der Waals surface area (Å²) in [5, 5.41) is 2.78. The van der Waals surface area contributed by atoms with E-state index in [-0.39, 0.29) is 18.5 Å². The van der Waals surface area contributed by atoms with E-state index < -0.39 is 17.7 Å². The molecule has 1 aliphatic rings. The maximum Gasteiger partial charge on any atom is 0.408 e. The molecule has 1 unspecified atom stereocenters. The number of esters is 1. The molecule has 1 aliphatic heterocycles. The molecule has 25 heavy (non-hydrogen) atoms. The summed E-state index contributed by atoms with van der Waals surface area (Å²) < 4.78 is 10.9. The van der Waals surface area contributed by atoms with E-state index in [1.807, 2.05) is 37.4 Å². The second-order valence-corrected chi connectivity index (χ2v) is 7.48. The van der Waals surface area contributed by atoms with Crippen molar-refractivity contribution in [1.82, 2.24) is 10.2 Å². The van der Waals surface area contributed by atoms with E-state index in [1.165, 1.54) is 0 Å². The summed E-state index contributed by atoms with van der Waals surface area (Å²) >= 11 is 0. The molecule has 6 nitrogen and oxygen atoms in total. The molecule has 6 heteroatoms. The van der Waals surface area contributed by atoms with Crippen LogP contribution >= 0.6 is 0 Å². The van der Waals surface area contributed by atoms with Crippen LogP contribution < -0.4 is 5.32 Å². The monoisotopic (exact) mass is 348 g/mol. The van der Waals surface area contributed by atoms with Crippen LogP contribution in [0.2, 0.25) is 0 Å². The standard InChI is InChI=1S/C19H28N2O4/c1-19(2,3)25-18(23)20-16(14-8-6-5-7-9-14)12-17(22)24-15-10-11-21(4)13-15/h5-9,15-16H,10-13H2,1-4H3,(H,20,23)/t15-,16?/m1/s1.